The molecule has 2 heterocycles. The molecule has 3 nitrogen and oxygen atoms in total. The quantitative estimate of drug-likeness (QED) is 0.778. The predicted molar refractivity (Wildman–Crippen MR) is 71.7 cm³/mol. The van der Waals surface area contributed by atoms with E-state index in [0.29, 0.717) is 16.6 Å². The van der Waals surface area contributed by atoms with Crippen LogP contribution in [0.4, 0.5) is 5.82 Å². The summed E-state index contributed by atoms with van der Waals surface area (Å²) in [6.07, 6.45) is 8.15. The lowest BCUT2D eigenvalue weighted by Crippen LogP contribution is -2.35. The number of nitrogens with zero attached hydrogens (tertiary/aromatic N) is 3. The lowest BCUT2D eigenvalue weighted by molar-refractivity contribution is 0.341. The first kappa shape index (κ1) is 11.8. The average Bonchev–Trinajstić information content (AvgIpc) is 2.83. The third kappa shape index (κ3) is 1.85. The zero-order valence-corrected chi connectivity index (χ0v) is 11.0. The fourth-order valence-electron chi connectivity index (χ4n) is 3.39. The molecule has 0 N–H and O–H groups in total. The molecule has 1 aliphatic carbocycles. The van der Waals surface area contributed by atoms with Gasteiger partial charge >= 0.3 is 0 Å². The summed E-state index contributed by atoms with van der Waals surface area (Å²) in [4.78, 5) is 6.73. The number of pyridine rings is 1. The number of rotatable bonds is 1. The summed E-state index contributed by atoms with van der Waals surface area (Å²) in [6.45, 7) is 1.02. The van der Waals surface area contributed by atoms with Gasteiger partial charge in [-0.3, -0.25) is 0 Å². The van der Waals surface area contributed by atoms with Crippen molar-refractivity contribution >= 4 is 17.4 Å². The minimum Gasteiger partial charge on any atom is -0.352 e. The second kappa shape index (κ2) is 4.78. The Morgan fingerprint density at radius 1 is 1.33 bits per heavy atom. The van der Waals surface area contributed by atoms with E-state index in [0.717, 1.165) is 18.3 Å². The van der Waals surface area contributed by atoms with Crippen molar-refractivity contribution in [2.45, 2.75) is 38.1 Å². The van der Waals surface area contributed by atoms with Crippen LogP contribution in [0.3, 0.4) is 0 Å². The van der Waals surface area contributed by atoms with Crippen LogP contribution in [-0.4, -0.2) is 17.6 Å². The zero-order valence-electron chi connectivity index (χ0n) is 10.3. The molecular formula is C14H16ClN3. The Bertz CT molecular complexity index is 494. The number of halogens is 1. The highest BCUT2D eigenvalue weighted by molar-refractivity contribution is 6.34. The number of aromatic nitrogens is 1. The molecule has 2 atom stereocenters. The second-order valence-electron chi connectivity index (χ2n) is 5.20. The molecular weight excluding hydrogens is 246 g/mol. The molecule has 0 amide bonds. The molecule has 2 unspecified atom stereocenters. The van der Waals surface area contributed by atoms with Crippen molar-refractivity contribution in [1.82, 2.24) is 4.98 Å². The first-order valence-corrected chi connectivity index (χ1v) is 7.00. The topological polar surface area (TPSA) is 39.9 Å². The average molecular weight is 262 g/mol. The maximum absolute atomic E-state index is 9.04. The molecule has 1 saturated carbocycles. The van der Waals surface area contributed by atoms with Crippen LogP contribution in [0, 0.1) is 17.2 Å². The van der Waals surface area contributed by atoms with Crippen LogP contribution in [0.25, 0.3) is 0 Å². The SMILES string of the molecule is N#Cc1ccnc(N2CCC3CCCCC32)c1Cl. The molecule has 4 heteroatoms. The first-order chi connectivity index (χ1) is 8.81. The number of hydrogen-bond donors (Lipinski definition) is 0. The van der Waals surface area contributed by atoms with Crippen LogP contribution in [0.1, 0.15) is 37.7 Å². The van der Waals surface area contributed by atoms with Crippen molar-refractivity contribution in [2.75, 3.05) is 11.4 Å². The molecule has 2 aliphatic rings. The number of hydrogen-bond acceptors (Lipinski definition) is 3. The molecule has 18 heavy (non-hydrogen) atoms. The molecule has 1 aliphatic heterocycles. The zero-order chi connectivity index (χ0) is 12.5. The van der Waals surface area contributed by atoms with Crippen molar-refractivity contribution in [3.05, 3.63) is 22.8 Å². The van der Waals surface area contributed by atoms with Gasteiger partial charge in [-0.25, -0.2) is 4.98 Å². The van der Waals surface area contributed by atoms with Crippen LogP contribution in [-0.2, 0) is 0 Å². The normalized spacial score (nSPS) is 26.8. The molecule has 0 aromatic carbocycles. The smallest absolute Gasteiger partial charge is 0.148 e. The monoisotopic (exact) mass is 261 g/mol. The molecule has 1 saturated heterocycles. The molecule has 0 radical (unpaired) electrons. The van der Waals surface area contributed by atoms with Crippen LogP contribution >= 0.6 is 11.6 Å². The minimum absolute atomic E-state index is 0.520. The van der Waals surface area contributed by atoms with E-state index in [1.54, 1.807) is 12.3 Å². The summed E-state index contributed by atoms with van der Waals surface area (Å²) in [5.74, 6) is 1.60. The van der Waals surface area contributed by atoms with Crippen molar-refractivity contribution in [3.63, 3.8) is 0 Å². The fraction of sp³-hybridized carbons (Fsp3) is 0.571. The van der Waals surface area contributed by atoms with Crippen LogP contribution < -0.4 is 4.90 Å². The highest BCUT2D eigenvalue weighted by Crippen LogP contribution is 2.40. The van der Waals surface area contributed by atoms with Gasteiger partial charge in [-0.05, 0) is 31.2 Å². The van der Waals surface area contributed by atoms with Gasteiger partial charge in [-0.2, -0.15) is 5.26 Å². The molecule has 3 rings (SSSR count). The highest BCUT2D eigenvalue weighted by atomic mass is 35.5. The number of nitriles is 1. The number of anilines is 1. The molecule has 2 fully saturated rings. The minimum atomic E-state index is 0.520. The van der Waals surface area contributed by atoms with E-state index in [1.165, 1.54) is 32.1 Å². The van der Waals surface area contributed by atoms with Gasteiger partial charge in [0.1, 0.15) is 16.9 Å². The van der Waals surface area contributed by atoms with Gasteiger partial charge in [-0.15, -0.1) is 0 Å². The Kier molecular flexibility index (Phi) is 3.13. The van der Waals surface area contributed by atoms with Gasteiger partial charge in [-0.1, -0.05) is 24.4 Å². The summed E-state index contributed by atoms with van der Waals surface area (Å²) in [5, 5.41) is 9.56. The summed E-state index contributed by atoms with van der Waals surface area (Å²) in [7, 11) is 0. The van der Waals surface area contributed by atoms with E-state index in [1.807, 2.05) is 0 Å². The predicted octanol–water partition coefficient (Wildman–Crippen LogP) is 3.38. The Morgan fingerprint density at radius 2 is 2.17 bits per heavy atom. The van der Waals surface area contributed by atoms with Crippen LogP contribution in [0.2, 0.25) is 5.02 Å². The Hall–Kier alpha value is -1.27. The molecule has 0 spiro atoms. The summed E-state index contributed by atoms with van der Waals surface area (Å²) in [5.41, 5.74) is 0.529. The van der Waals surface area contributed by atoms with Crippen molar-refractivity contribution in [1.29, 1.82) is 5.26 Å². The summed E-state index contributed by atoms with van der Waals surface area (Å²) in [6, 6.07) is 4.39. The lowest BCUT2D eigenvalue weighted by atomic mass is 9.85. The maximum atomic E-state index is 9.04. The molecule has 1 aromatic heterocycles. The fourth-order valence-corrected chi connectivity index (χ4v) is 3.65. The van der Waals surface area contributed by atoms with Crippen molar-refractivity contribution in [2.24, 2.45) is 5.92 Å². The van der Waals surface area contributed by atoms with Crippen molar-refractivity contribution < 1.29 is 0 Å². The Labute approximate surface area is 112 Å². The van der Waals surface area contributed by atoms with E-state index >= 15 is 0 Å². The standard InChI is InChI=1S/C14H16ClN3/c15-13-11(9-16)5-7-17-14(13)18-8-6-10-3-1-2-4-12(10)18/h5,7,10,12H,1-4,6,8H2. The highest BCUT2D eigenvalue weighted by Gasteiger charge is 2.37. The number of fused-ring (bicyclic) bond motifs is 1. The van der Waals surface area contributed by atoms with Crippen molar-refractivity contribution in [3.8, 4) is 6.07 Å². The van der Waals surface area contributed by atoms with Gasteiger partial charge < -0.3 is 4.90 Å². The molecule has 94 valence electrons. The third-order valence-corrected chi connectivity index (χ3v) is 4.65. The Balaban J connectivity index is 1.94. The van der Waals surface area contributed by atoms with E-state index in [9.17, 15) is 0 Å². The lowest BCUT2D eigenvalue weighted by Gasteiger charge is -2.32. The summed E-state index contributed by atoms with van der Waals surface area (Å²) < 4.78 is 0. The first-order valence-electron chi connectivity index (χ1n) is 6.62. The van der Waals surface area contributed by atoms with E-state index < -0.39 is 0 Å². The van der Waals surface area contributed by atoms with Gasteiger partial charge in [0.25, 0.3) is 0 Å². The summed E-state index contributed by atoms with van der Waals surface area (Å²) >= 11 is 6.29. The third-order valence-electron chi connectivity index (χ3n) is 4.27. The largest absolute Gasteiger partial charge is 0.352 e. The van der Waals surface area contributed by atoms with Gasteiger partial charge in [0, 0.05) is 18.8 Å². The van der Waals surface area contributed by atoms with Gasteiger partial charge in [0.15, 0.2) is 0 Å². The van der Waals surface area contributed by atoms with E-state index in [2.05, 4.69) is 16.0 Å². The Morgan fingerprint density at radius 3 is 3.00 bits per heavy atom. The molecule has 0 bridgehead atoms. The van der Waals surface area contributed by atoms with Gasteiger partial charge in [0.05, 0.1) is 5.56 Å². The molecule has 1 aromatic rings. The van der Waals surface area contributed by atoms with E-state index in [-0.39, 0.29) is 0 Å². The van der Waals surface area contributed by atoms with Crippen LogP contribution in [0.5, 0.6) is 0 Å². The second-order valence-corrected chi connectivity index (χ2v) is 5.58. The van der Waals surface area contributed by atoms with Crippen LogP contribution in [0.15, 0.2) is 12.3 Å². The maximum Gasteiger partial charge on any atom is 0.148 e. The van der Waals surface area contributed by atoms with E-state index in [4.69, 9.17) is 16.9 Å². The van der Waals surface area contributed by atoms with Gasteiger partial charge in [0.2, 0.25) is 0 Å².